The van der Waals surface area contributed by atoms with Crippen molar-refractivity contribution in [1.29, 1.82) is 0 Å². The average molecular weight is 606 g/mol. The molecule has 0 saturated heterocycles. The summed E-state index contributed by atoms with van der Waals surface area (Å²) in [6.45, 7) is 0.130. The lowest BCUT2D eigenvalue weighted by Crippen LogP contribution is -2.53. The first-order valence-electron chi connectivity index (χ1n) is 13.4. The smallest absolute Gasteiger partial charge is 0.297 e. The zero-order chi connectivity index (χ0) is 29.5. The van der Waals surface area contributed by atoms with E-state index in [1.165, 1.54) is 16.2 Å². The number of aromatic nitrogens is 1. The average Bonchev–Trinajstić information content (AvgIpc) is 3.63. The van der Waals surface area contributed by atoms with Gasteiger partial charge in [0.25, 0.3) is 11.8 Å². The molecule has 0 saturated carbocycles. The van der Waals surface area contributed by atoms with Gasteiger partial charge >= 0.3 is 0 Å². The van der Waals surface area contributed by atoms with Gasteiger partial charge in [0, 0.05) is 10.6 Å². The van der Waals surface area contributed by atoms with Gasteiger partial charge in [-0.05, 0) is 48.0 Å². The van der Waals surface area contributed by atoms with E-state index in [4.69, 9.17) is 25.7 Å². The van der Waals surface area contributed by atoms with Crippen LogP contribution in [0, 0.1) is 0 Å². The van der Waals surface area contributed by atoms with Crippen LogP contribution in [0.4, 0.5) is 10.8 Å². The van der Waals surface area contributed by atoms with Gasteiger partial charge in [-0.15, -0.1) is 0 Å². The summed E-state index contributed by atoms with van der Waals surface area (Å²) in [5.74, 6) is -0.639. The van der Waals surface area contributed by atoms with Gasteiger partial charge < -0.3 is 14.1 Å². The Morgan fingerprint density at radius 1 is 0.953 bits per heavy atom. The number of amides is 2. The van der Waals surface area contributed by atoms with Crippen molar-refractivity contribution >= 4 is 66.8 Å². The second-order valence-electron chi connectivity index (χ2n) is 10.3. The lowest BCUT2D eigenvalue weighted by molar-refractivity contribution is -0.121. The Morgan fingerprint density at radius 2 is 1.72 bits per heavy atom. The standard InChI is InChI=1S/C33H20ClN3O5S/c1-41-19-14-15-23-26(16-19)43-32(35-23)37-30(39)29-27(28(38)20-9-3-7-13-25(20)42-29)33(37)21-10-4-6-12-24(21)36(31(33)40)17-18-8-2-5-11-22(18)34/h2-16H,17H2,1H3. The van der Waals surface area contributed by atoms with E-state index in [-0.39, 0.29) is 34.0 Å². The molecule has 0 aliphatic carbocycles. The van der Waals surface area contributed by atoms with E-state index >= 15 is 4.79 Å². The topological polar surface area (TPSA) is 93.0 Å². The number of para-hydroxylation sites is 2. The van der Waals surface area contributed by atoms with Crippen molar-refractivity contribution in [1.82, 2.24) is 4.98 Å². The quantitative estimate of drug-likeness (QED) is 0.227. The van der Waals surface area contributed by atoms with Crippen LogP contribution in [0.3, 0.4) is 0 Å². The summed E-state index contributed by atoms with van der Waals surface area (Å²) >= 11 is 7.76. The molecule has 210 valence electrons. The number of thiazole rings is 1. The van der Waals surface area contributed by atoms with E-state index in [2.05, 4.69) is 0 Å². The number of hydrogen-bond donors (Lipinski definition) is 0. The number of anilines is 2. The molecule has 4 heterocycles. The highest BCUT2D eigenvalue weighted by atomic mass is 35.5. The Bertz CT molecular complexity index is 2230. The number of methoxy groups -OCH3 is 1. The van der Waals surface area contributed by atoms with E-state index in [0.717, 1.165) is 10.3 Å². The van der Waals surface area contributed by atoms with Crippen LogP contribution in [0.1, 0.15) is 27.2 Å². The van der Waals surface area contributed by atoms with E-state index < -0.39 is 22.8 Å². The fourth-order valence-electron chi connectivity index (χ4n) is 6.18. The number of carbonyl (C=O) groups excluding carboxylic acids is 2. The number of rotatable bonds is 4. The first kappa shape index (κ1) is 25.7. The highest BCUT2D eigenvalue weighted by Gasteiger charge is 2.66. The molecule has 1 spiro atoms. The number of nitrogens with zero attached hydrogens (tertiary/aromatic N) is 3. The molecule has 2 aliphatic rings. The summed E-state index contributed by atoms with van der Waals surface area (Å²) in [6, 6.07) is 26.6. The third kappa shape index (κ3) is 3.43. The molecule has 0 N–H and O–H groups in total. The Labute approximate surface area is 253 Å². The summed E-state index contributed by atoms with van der Waals surface area (Å²) in [4.78, 5) is 51.6. The first-order valence-corrected chi connectivity index (χ1v) is 14.6. The molecule has 43 heavy (non-hydrogen) atoms. The van der Waals surface area contributed by atoms with E-state index in [1.54, 1.807) is 66.6 Å². The van der Waals surface area contributed by atoms with Crippen LogP contribution in [-0.2, 0) is 16.9 Å². The van der Waals surface area contributed by atoms with E-state index in [0.29, 0.717) is 27.5 Å². The third-order valence-corrected chi connectivity index (χ3v) is 9.47. The molecule has 0 bridgehead atoms. The summed E-state index contributed by atoms with van der Waals surface area (Å²) in [7, 11) is 1.57. The van der Waals surface area contributed by atoms with E-state index in [9.17, 15) is 9.59 Å². The predicted octanol–water partition coefficient (Wildman–Crippen LogP) is 6.52. The minimum absolute atomic E-state index is 0.0212. The van der Waals surface area contributed by atoms with Crippen LogP contribution in [0.15, 0.2) is 100 Å². The molecule has 0 fully saturated rings. The SMILES string of the molecule is COc1ccc2nc(N3C(=O)c4oc5ccccc5c(=O)c4C34C(=O)N(Cc3ccccc3Cl)c3ccccc34)sc2c1. The van der Waals surface area contributed by atoms with Crippen LogP contribution in [0.2, 0.25) is 5.02 Å². The Balaban J connectivity index is 1.45. The number of hydrogen-bond acceptors (Lipinski definition) is 7. The molecule has 6 aromatic rings. The summed E-state index contributed by atoms with van der Waals surface area (Å²) in [5.41, 5.74) is 0.330. The van der Waals surface area contributed by atoms with Gasteiger partial charge in [0.15, 0.2) is 16.1 Å². The summed E-state index contributed by atoms with van der Waals surface area (Å²) in [5, 5.41) is 1.03. The van der Waals surface area contributed by atoms with Gasteiger partial charge in [-0.1, -0.05) is 71.5 Å². The Hall–Kier alpha value is -4.99. The zero-order valence-electron chi connectivity index (χ0n) is 22.5. The predicted molar refractivity (Wildman–Crippen MR) is 165 cm³/mol. The largest absolute Gasteiger partial charge is 0.497 e. The van der Waals surface area contributed by atoms with Crippen LogP contribution >= 0.6 is 22.9 Å². The van der Waals surface area contributed by atoms with Crippen molar-refractivity contribution in [2.75, 3.05) is 16.9 Å². The van der Waals surface area contributed by atoms with Gasteiger partial charge in [-0.3, -0.25) is 19.3 Å². The Morgan fingerprint density at radius 3 is 2.56 bits per heavy atom. The lowest BCUT2D eigenvalue weighted by Gasteiger charge is -2.32. The minimum atomic E-state index is -1.85. The maximum Gasteiger partial charge on any atom is 0.297 e. The summed E-state index contributed by atoms with van der Waals surface area (Å²) < 4.78 is 12.3. The molecule has 1 unspecified atom stereocenters. The maximum atomic E-state index is 15.1. The summed E-state index contributed by atoms with van der Waals surface area (Å²) in [6.07, 6.45) is 0. The second kappa shape index (κ2) is 9.26. The third-order valence-electron chi connectivity index (χ3n) is 8.09. The molecule has 8 rings (SSSR count). The molecule has 0 radical (unpaired) electrons. The number of halogens is 1. The van der Waals surface area contributed by atoms with Gasteiger partial charge in [-0.25, -0.2) is 4.98 Å². The lowest BCUT2D eigenvalue weighted by atomic mass is 9.84. The van der Waals surface area contributed by atoms with Crippen LogP contribution in [0.25, 0.3) is 21.2 Å². The molecule has 2 aliphatic heterocycles. The van der Waals surface area contributed by atoms with Crippen molar-refractivity contribution in [2.45, 2.75) is 12.1 Å². The number of fused-ring (bicyclic) bond motifs is 6. The molecule has 1 atom stereocenters. The number of ether oxygens (including phenoxy) is 1. The molecule has 8 nitrogen and oxygen atoms in total. The zero-order valence-corrected chi connectivity index (χ0v) is 24.1. The highest BCUT2D eigenvalue weighted by Crippen LogP contribution is 2.55. The number of carbonyl (C=O) groups is 2. The highest BCUT2D eigenvalue weighted by molar-refractivity contribution is 7.22. The molecule has 10 heteroatoms. The molecular formula is C33H20ClN3O5S. The van der Waals surface area contributed by atoms with Crippen LogP contribution in [-0.4, -0.2) is 23.9 Å². The second-order valence-corrected chi connectivity index (χ2v) is 11.7. The van der Waals surface area contributed by atoms with Crippen LogP contribution < -0.4 is 20.0 Å². The van der Waals surface area contributed by atoms with Gasteiger partial charge in [0.05, 0.1) is 40.5 Å². The molecule has 4 aromatic carbocycles. The first-order chi connectivity index (χ1) is 20.9. The van der Waals surface area contributed by atoms with Crippen molar-refractivity contribution in [3.63, 3.8) is 0 Å². The monoisotopic (exact) mass is 605 g/mol. The van der Waals surface area contributed by atoms with Crippen molar-refractivity contribution in [2.24, 2.45) is 0 Å². The van der Waals surface area contributed by atoms with Crippen molar-refractivity contribution < 1.29 is 18.7 Å². The van der Waals surface area contributed by atoms with Crippen LogP contribution in [0.5, 0.6) is 5.75 Å². The van der Waals surface area contributed by atoms with Gasteiger partial charge in [0.1, 0.15) is 11.3 Å². The van der Waals surface area contributed by atoms with Crippen molar-refractivity contribution in [3.05, 3.63) is 129 Å². The fraction of sp³-hybridized carbons (Fsp3) is 0.0909. The maximum absolute atomic E-state index is 15.1. The molecule has 2 aromatic heterocycles. The Kier molecular flexibility index (Phi) is 5.53. The van der Waals surface area contributed by atoms with Gasteiger partial charge in [-0.2, -0.15) is 0 Å². The van der Waals surface area contributed by atoms with E-state index in [1.807, 2.05) is 36.4 Å². The minimum Gasteiger partial charge on any atom is -0.497 e. The fourth-order valence-corrected chi connectivity index (χ4v) is 7.42. The normalized spacial score (nSPS) is 17.3. The molecular weight excluding hydrogens is 586 g/mol. The van der Waals surface area contributed by atoms with Gasteiger partial charge in [0.2, 0.25) is 5.76 Å². The number of benzene rings is 4. The van der Waals surface area contributed by atoms with Crippen molar-refractivity contribution in [3.8, 4) is 5.75 Å². The molecule has 2 amide bonds.